The number of carbonyl (C=O) groups is 2. The van der Waals surface area contributed by atoms with Crippen molar-refractivity contribution in [2.75, 3.05) is 11.9 Å². The van der Waals surface area contributed by atoms with Crippen molar-refractivity contribution in [3.63, 3.8) is 0 Å². The summed E-state index contributed by atoms with van der Waals surface area (Å²) in [4.78, 5) is 31.0. The van der Waals surface area contributed by atoms with Crippen LogP contribution in [0.15, 0.2) is 65.7 Å². The molecule has 2 amide bonds. The largest absolute Gasteiger partial charge is 0.325 e. The molecular formula is C19H19N3O2. The third kappa shape index (κ3) is 3.20. The molecule has 2 aromatic rings. The molecule has 122 valence electrons. The minimum absolute atomic E-state index is 0.0411. The third-order valence-corrected chi connectivity index (χ3v) is 3.90. The van der Waals surface area contributed by atoms with Crippen LogP contribution in [0, 0.1) is 0 Å². The number of rotatable bonds is 4. The first-order valence-corrected chi connectivity index (χ1v) is 7.79. The number of amides is 2. The number of benzene rings is 2. The van der Waals surface area contributed by atoms with Crippen molar-refractivity contribution < 1.29 is 9.59 Å². The molecule has 0 atom stereocenters. The second-order valence-electron chi connectivity index (χ2n) is 6.13. The normalized spacial score (nSPS) is 16.0. The highest BCUT2D eigenvalue weighted by Gasteiger charge is 2.41. The molecule has 5 heteroatoms. The number of aliphatic imine (C=N–C) groups is 1. The van der Waals surface area contributed by atoms with Gasteiger partial charge in [-0.3, -0.25) is 14.6 Å². The lowest BCUT2D eigenvalue weighted by atomic mass is 10.1. The Bertz CT molecular complexity index is 783. The highest BCUT2D eigenvalue weighted by molar-refractivity contribution is 6.47. The van der Waals surface area contributed by atoms with E-state index in [1.54, 1.807) is 12.1 Å². The number of carbonyl (C=O) groups excluding carboxylic acids is 2. The highest BCUT2D eigenvalue weighted by atomic mass is 16.2. The number of nitrogens with zero attached hydrogens (tertiary/aromatic N) is 2. The Balaban J connectivity index is 1.75. The second-order valence-corrected chi connectivity index (χ2v) is 6.13. The molecule has 0 unspecified atom stereocenters. The van der Waals surface area contributed by atoms with Crippen LogP contribution in [0.2, 0.25) is 0 Å². The predicted octanol–water partition coefficient (Wildman–Crippen LogP) is 2.69. The first-order valence-electron chi connectivity index (χ1n) is 7.79. The summed E-state index contributed by atoms with van der Waals surface area (Å²) in [6.45, 7) is 3.62. The molecule has 0 bridgehead atoms. The number of para-hydroxylation sites is 1. The predicted molar refractivity (Wildman–Crippen MR) is 93.8 cm³/mol. The number of hydrogen-bond donors (Lipinski definition) is 1. The summed E-state index contributed by atoms with van der Waals surface area (Å²) in [5, 5.41) is 2.80. The van der Waals surface area contributed by atoms with Crippen LogP contribution in [0.5, 0.6) is 0 Å². The molecule has 1 N–H and O–H groups in total. The lowest BCUT2D eigenvalue weighted by Gasteiger charge is -2.28. The molecule has 0 fully saturated rings. The van der Waals surface area contributed by atoms with E-state index in [1.807, 2.05) is 62.4 Å². The fourth-order valence-electron chi connectivity index (χ4n) is 2.67. The van der Waals surface area contributed by atoms with Gasteiger partial charge < -0.3 is 10.2 Å². The van der Waals surface area contributed by atoms with Crippen LogP contribution in [0.25, 0.3) is 0 Å². The van der Waals surface area contributed by atoms with Crippen molar-refractivity contribution in [2.45, 2.75) is 19.5 Å². The molecular weight excluding hydrogens is 302 g/mol. The van der Waals surface area contributed by atoms with Crippen LogP contribution in [0.3, 0.4) is 0 Å². The summed E-state index contributed by atoms with van der Waals surface area (Å²) in [5.74, 6) is -0.471. The smallest absolute Gasteiger partial charge is 0.275 e. The van der Waals surface area contributed by atoms with Crippen molar-refractivity contribution in [1.82, 2.24) is 4.90 Å². The maximum Gasteiger partial charge on any atom is 0.275 e. The maximum absolute atomic E-state index is 12.7. The van der Waals surface area contributed by atoms with Crippen molar-refractivity contribution in [2.24, 2.45) is 4.99 Å². The fourth-order valence-corrected chi connectivity index (χ4v) is 2.67. The Morgan fingerprint density at radius 3 is 2.25 bits per heavy atom. The van der Waals surface area contributed by atoms with E-state index in [9.17, 15) is 9.59 Å². The lowest BCUT2D eigenvalue weighted by molar-refractivity contribution is -0.131. The molecule has 1 aliphatic heterocycles. The molecule has 0 aromatic heterocycles. The summed E-state index contributed by atoms with van der Waals surface area (Å²) < 4.78 is 0. The zero-order chi connectivity index (χ0) is 17.2. The maximum atomic E-state index is 12.7. The summed E-state index contributed by atoms with van der Waals surface area (Å²) >= 11 is 0. The van der Waals surface area contributed by atoms with E-state index in [2.05, 4.69) is 10.3 Å². The van der Waals surface area contributed by atoms with E-state index >= 15 is 0 Å². The molecule has 5 nitrogen and oxygen atoms in total. The van der Waals surface area contributed by atoms with Gasteiger partial charge in [0.2, 0.25) is 5.91 Å². The van der Waals surface area contributed by atoms with Gasteiger partial charge in [0, 0.05) is 11.3 Å². The SMILES string of the molecule is CC1(C)N=C(c2ccccc2)C(=O)N1CC(=O)Nc1ccccc1. The Morgan fingerprint density at radius 1 is 1.04 bits per heavy atom. The van der Waals surface area contributed by atoms with Gasteiger partial charge in [0.15, 0.2) is 0 Å². The van der Waals surface area contributed by atoms with Crippen molar-refractivity contribution in [3.05, 3.63) is 66.2 Å². The van der Waals surface area contributed by atoms with Crippen LogP contribution in [-0.4, -0.2) is 34.6 Å². The van der Waals surface area contributed by atoms with Crippen molar-refractivity contribution >= 4 is 23.2 Å². The van der Waals surface area contributed by atoms with Gasteiger partial charge in [-0.1, -0.05) is 48.5 Å². The van der Waals surface area contributed by atoms with Gasteiger partial charge >= 0.3 is 0 Å². The van der Waals surface area contributed by atoms with Crippen LogP contribution < -0.4 is 5.32 Å². The Kier molecular flexibility index (Phi) is 4.16. The highest BCUT2D eigenvalue weighted by Crippen LogP contribution is 2.26. The van der Waals surface area contributed by atoms with E-state index in [1.165, 1.54) is 4.90 Å². The third-order valence-electron chi connectivity index (χ3n) is 3.90. The zero-order valence-electron chi connectivity index (χ0n) is 13.7. The van der Waals surface area contributed by atoms with Crippen molar-refractivity contribution in [1.29, 1.82) is 0 Å². The first-order chi connectivity index (χ1) is 11.5. The zero-order valence-corrected chi connectivity index (χ0v) is 13.7. The van der Waals surface area contributed by atoms with Crippen molar-refractivity contribution in [3.8, 4) is 0 Å². The average Bonchev–Trinajstić information content (AvgIpc) is 2.80. The van der Waals surface area contributed by atoms with Crippen LogP contribution >= 0.6 is 0 Å². The number of nitrogens with one attached hydrogen (secondary N) is 1. The number of anilines is 1. The molecule has 24 heavy (non-hydrogen) atoms. The Hall–Kier alpha value is -2.95. The Labute approximate surface area is 141 Å². The lowest BCUT2D eigenvalue weighted by Crippen LogP contribution is -2.46. The average molecular weight is 321 g/mol. The Morgan fingerprint density at radius 2 is 1.62 bits per heavy atom. The van der Waals surface area contributed by atoms with Gasteiger partial charge in [0.25, 0.3) is 5.91 Å². The van der Waals surface area contributed by atoms with Crippen LogP contribution in [-0.2, 0) is 9.59 Å². The standard InChI is InChI=1S/C19H19N3O2/c1-19(2)21-17(14-9-5-3-6-10-14)18(24)22(19)13-16(23)20-15-11-7-4-8-12-15/h3-12H,13H2,1-2H3,(H,20,23). The quantitative estimate of drug-likeness (QED) is 0.941. The minimum Gasteiger partial charge on any atom is -0.325 e. The molecule has 0 saturated heterocycles. The van der Waals surface area contributed by atoms with Crippen LogP contribution in [0.4, 0.5) is 5.69 Å². The first kappa shape index (κ1) is 15.9. The van der Waals surface area contributed by atoms with Gasteiger partial charge in [0.1, 0.15) is 17.9 Å². The summed E-state index contributed by atoms with van der Waals surface area (Å²) in [7, 11) is 0. The monoisotopic (exact) mass is 321 g/mol. The van der Waals surface area contributed by atoms with E-state index < -0.39 is 5.66 Å². The van der Waals surface area contributed by atoms with E-state index in [-0.39, 0.29) is 18.4 Å². The topological polar surface area (TPSA) is 61.8 Å². The second kappa shape index (κ2) is 6.28. The molecule has 1 aliphatic rings. The molecule has 2 aromatic carbocycles. The van der Waals surface area contributed by atoms with Gasteiger partial charge in [-0.2, -0.15) is 0 Å². The molecule has 1 heterocycles. The minimum atomic E-state index is -0.754. The number of hydrogen-bond acceptors (Lipinski definition) is 3. The summed E-state index contributed by atoms with van der Waals surface area (Å²) in [6, 6.07) is 18.5. The van der Waals surface area contributed by atoms with E-state index in [0.717, 1.165) is 5.56 Å². The summed E-state index contributed by atoms with van der Waals surface area (Å²) in [5.41, 5.74) is 1.11. The van der Waals surface area contributed by atoms with Gasteiger partial charge in [-0.25, -0.2) is 0 Å². The molecule has 3 rings (SSSR count). The molecule has 0 saturated carbocycles. The molecule has 0 radical (unpaired) electrons. The fraction of sp³-hybridized carbons (Fsp3) is 0.211. The molecule has 0 aliphatic carbocycles. The van der Waals surface area contributed by atoms with Gasteiger partial charge in [-0.15, -0.1) is 0 Å². The van der Waals surface area contributed by atoms with E-state index in [0.29, 0.717) is 11.4 Å². The van der Waals surface area contributed by atoms with Crippen LogP contribution in [0.1, 0.15) is 19.4 Å². The van der Waals surface area contributed by atoms with E-state index in [4.69, 9.17) is 0 Å². The summed E-state index contributed by atoms with van der Waals surface area (Å²) in [6.07, 6.45) is 0. The van der Waals surface area contributed by atoms with Gasteiger partial charge in [0.05, 0.1) is 0 Å². The molecule has 0 spiro atoms. The van der Waals surface area contributed by atoms with Gasteiger partial charge in [-0.05, 0) is 26.0 Å².